The summed E-state index contributed by atoms with van der Waals surface area (Å²) in [7, 11) is 7.60. The minimum absolute atomic E-state index is 0.0229. The zero-order valence-electron chi connectivity index (χ0n) is 48.8. The topological polar surface area (TPSA) is 240 Å². The van der Waals surface area contributed by atoms with E-state index < -0.39 is 30.0 Å². The van der Waals surface area contributed by atoms with Crippen molar-refractivity contribution in [3.05, 3.63) is 59.9 Å². The highest BCUT2D eigenvalue weighted by atomic mass is 19.3. The molecule has 2 aromatic carbocycles. The van der Waals surface area contributed by atoms with Crippen LogP contribution in [0.2, 0.25) is 0 Å². The summed E-state index contributed by atoms with van der Waals surface area (Å²) in [6.45, 7) is 6.57. The maximum Gasteiger partial charge on any atom is 0.387 e. The number of anilines is 8. The molecule has 4 aliphatic heterocycles. The standard InChI is InChI=1S/C29H39F2N7O3.C23H27F2N5O4.C6H14N2/c1-29(2)17-38(20-7-5-6-8-20)24-22(37(4)26(29)40)16-32-28(35-24)34-21-10-9-18(15-23(21)41-27(30)31)25(39)33-19-11-13-36(3)14-12-19;1-23(2)12-30(14-6-4-5-7-14)18-16(29(3)20(23)33)11-26-22(28-18)27-15-9-8-13(19(31)32)10-17(15)34-21(24)25;1-8-4-2-6(7)3-5-8/h9-10,15-16,19-20,27H,5-8,11-14,17H2,1-4H3,(H,33,39)(H,32,34,35);8-11,14,21H,4-7,12H2,1-3H3,(H,31,32)(H,26,27,28);6H,2-5,7H2,1H3. The summed E-state index contributed by atoms with van der Waals surface area (Å²) >= 11 is 0. The molecule has 2 aliphatic carbocycles. The lowest BCUT2D eigenvalue weighted by atomic mass is 9.91. The van der Waals surface area contributed by atoms with Gasteiger partial charge in [-0.3, -0.25) is 14.4 Å². The highest BCUT2D eigenvalue weighted by Gasteiger charge is 2.43. The summed E-state index contributed by atoms with van der Waals surface area (Å²) in [5.41, 5.74) is 5.89. The Labute approximate surface area is 482 Å². The second-order valence-corrected chi connectivity index (χ2v) is 23.9. The molecule has 6 aliphatic rings. The van der Waals surface area contributed by atoms with Crippen molar-refractivity contribution in [3.63, 3.8) is 0 Å². The zero-order valence-corrected chi connectivity index (χ0v) is 48.8. The number of alkyl halides is 4. The van der Waals surface area contributed by atoms with E-state index in [0.29, 0.717) is 42.1 Å². The number of nitrogens with one attached hydrogen (secondary N) is 3. The minimum atomic E-state index is -3.14. The third-order valence-electron chi connectivity index (χ3n) is 16.4. The third-order valence-corrected chi connectivity index (χ3v) is 16.4. The van der Waals surface area contributed by atoms with Gasteiger partial charge >= 0.3 is 19.2 Å². The first-order valence-electron chi connectivity index (χ1n) is 28.6. The van der Waals surface area contributed by atoms with Gasteiger partial charge in [0, 0.05) is 56.9 Å². The van der Waals surface area contributed by atoms with Crippen molar-refractivity contribution in [3.8, 4) is 11.5 Å². The van der Waals surface area contributed by atoms with Crippen molar-refractivity contribution >= 4 is 70.0 Å². The van der Waals surface area contributed by atoms with Crippen molar-refractivity contribution in [1.29, 1.82) is 0 Å². The summed E-state index contributed by atoms with van der Waals surface area (Å²) in [5, 5.41) is 18.1. The largest absolute Gasteiger partial charge is 0.478 e. The van der Waals surface area contributed by atoms with Crippen molar-refractivity contribution in [2.24, 2.45) is 16.6 Å². The Bertz CT molecular complexity index is 2920. The molecule has 0 atom stereocenters. The van der Waals surface area contributed by atoms with E-state index in [1.54, 1.807) is 36.2 Å². The fourth-order valence-electron chi connectivity index (χ4n) is 11.7. The number of nitrogens with zero attached hydrogens (tertiary/aromatic N) is 10. The van der Waals surface area contributed by atoms with Crippen molar-refractivity contribution in [2.45, 2.75) is 142 Å². The van der Waals surface area contributed by atoms with Crippen LogP contribution in [0.4, 0.5) is 63.8 Å². The molecule has 25 heteroatoms. The molecule has 6 heterocycles. The van der Waals surface area contributed by atoms with E-state index in [0.717, 1.165) is 83.4 Å². The molecule has 452 valence electrons. The number of carboxylic acid groups (broad SMARTS) is 1. The summed E-state index contributed by atoms with van der Waals surface area (Å²) in [5.74, 6) is -0.695. The van der Waals surface area contributed by atoms with Gasteiger partial charge in [0.05, 0.1) is 40.2 Å². The van der Waals surface area contributed by atoms with Gasteiger partial charge in [-0.1, -0.05) is 25.7 Å². The van der Waals surface area contributed by atoms with Crippen molar-refractivity contribution in [1.82, 2.24) is 35.1 Å². The number of piperidine rings is 2. The van der Waals surface area contributed by atoms with Crippen LogP contribution >= 0.6 is 0 Å². The van der Waals surface area contributed by atoms with Crippen LogP contribution < -0.4 is 50.8 Å². The maximum atomic E-state index is 13.4. The molecule has 0 bridgehead atoms. The van der Waals surface area contributed by atoms with Crippen LogP contribution in [0.25, 0.3) is 0 Å². The Morgan fingerprint density at radius 3 is 1.42 bits per heavy atom. The number of benzene rings is 2. The molecule has 0 unspecified atom stereocenters. The van der Waals surface area contributed by atoms with Crippen molar-refractivity contribution in [2.75, 3.05) is 97.7 Å². The summed E-state index contributed by atoms with van der Waals surface area (Å²) < 4.78 is 62.0. The van der Waals surface area contributed by atoms with Gasteiger partial charge in [0.25, 0.3) is 5.91 Å². The van der Waals surface area contributed by atoms with E-state index in [1.165, 1.54) is 56.4 Å². The monoisotopic (exact) mass is 1160 g/mol. The number of carboxylic acids is 1. The number of aromatic carboxylic acids is 1. The lowest BCUT2D eigenvalue weighted by molar-refractivity contribution is -0.126. The first-order valence-corrected chi connectivity index (χ1v) is 28.6. The third kappa shape index (κ3) is 15.4. The summed E-state index contributed by atoms with van der Waals surface area (Å²) in [6.07, 6.45) is 15.5. The number of nitrogens with two attached hydrogens (primary N) is 1. The molecular weight excluding hydrogens is 1080 g/mol. The fourth-order valence-corrected chi connectivity index (χ4v) is 11.7. The van der Waals surface area contributed by atoms with Gasteiger partial charge in [0.15, 0.2) is 11.6 Å². The van der Waals surface area contributed by atoms with E-state index >= 15 is 0 Å². The summed E-state index contributed by atoms with van der Waals surface area (Å²) in [6, 6.07) is 8.98. The lowest BCUT2D eigenvalue weighted by Crippen LogP contribution is -2.45. The van der Waals surface area contributed by atoms with Crippen LogP contribution in [-0.4, -0.2) is 163 Å². The number of hydrogen-bond acceptors (Lipinski definition) is 17. The van der Waals surface area contributed by atoms with Gasteiger partial charge in [-0.15, -0.1) is 0 Å². The zero-order chi connectivity index (χ0) is 59.9. The van der Waals surface area contributed by atoms with E-state index in [4.69, 9.17) is 15.5 Å². The van der Waals surface area contributed by atoms with E-state index in [9.17, 15) is 41.8 Å². The second kappa shape index (κ2) is 26.6. The average Bonchev–Trinajstić information content (AvgIpc) is 4.29. The molecule has 21 nitrogen and oxygen atoms in total. The average molecular weight is 1160 g/mol. The molecule has 2 saturated heterocycles. The smallest absolute Gasteiger partial charge is 0.387 e. The van der Waals surface area contributed by atoms with Crippen LogP contribution in [0.1, 0.15) is 125 Å². The van der Waals surface area contributed by atoms with Gasteiger partial charge in [-0.2, -0.15) is 27.5 Å². The predicted molar refractivity (Wildman–Crippen MR) is 310 cm³/mol. The number of rotatable bonds is 13. The van der Waals surface area contributed by atoms with Gasteiger partial charge in [-0.05, 0) is 156 Å². The first-order chi connectivity index (χ1) is 39.4. The predicted octanol–water partition coefficient (Wildman–Crippen LogP) is 8.71. The number of carbonyl (C=O) groups excluding carboxylic acids is 3. The van der Waals surface area contributed by atoms with Crippen LogP contribution in [0.15, 0.2) is 48.8 Å². The molecule has 2 saturated carbocycles. The number of carbonyl (C=O) groups is 4. The van der Waals surface area contributed by atoms with E-state index in [2.05, 4.69) is 62.3 Å². The van der Waals surface area contributed by atoms with E-state index in [1.807, 2.05) is 34.7 Å². The van der Waals surface area contributed by atoms with Gasteiger partial charge in [0.1, 0.15) is 22.9 Å². The maximum absolute atomic E-state index is 13.4. The fraction of sp³-hybridized carbons (Fsp3) is 0.586. The molecule has 10 rings (SSSR count). The van der Waals surface area contributed by atoms with Crippen LogP contribution in [0, 0.1) is 10.8 Å². The Morgan fingerprint density at radius 1 is 0.627 bits per heavy atom. The molecule has 83 heavy (non-hydrogen) atoms. The number of ether oxygens (including phenoxy) is 2. The number of fused-ring (bicyclic) bond motifs is 2. The minimum Gasteiger partial charge on any atom is -0.478 e. The number of hydrogen-bond donors (Lipinski definition) is 5. The van der Waals surface area contributed by atoms with Crippen LogP contribution in [-0.2, 0) is 9.59 Å². The molecule has 4 aromatic rings. The number of amides is 3. The number of likely N-dealkylation sites (tertiary alicyclic amines) is 2. The Morgan fingerprint density at radius 2 is 1.02 bits per heavy atom. The Kier molecular flexibility index (Phi) is 19.9. The number of halogens is 4. The van der Waals surface area contributed by atoms with Crippen molar-refractivity contribution < 1.29 is 51.3 Å². The molecule has 2 aromatic heterocycles. The lowest BCUT2D eigenvalue weighted by Gasteiger charge is -2.34. The molecular formula is C58H80F4N14O7. The van der Waals surface area contributed by atoms with Crippen LogP contribution in [0.3, 0.4) is 0 Å². The summed E-state index contributed by atoms with van der Waals surface area (Å²) in [4.78, 5) is 80.7. The molecule has 3 amide bonds. The quantitative estimate of drug-likeness (QED) is 0.0787. The highest BCUT2D eigenvalue weighted by molar-refractivity contribution is 6.02. The highest BCUT2D eigenvalue weighted by Crippen LogP contribution is 2.43. The molecule has 0 spiro atoms. The SMILES string of the molecule is CN1C(=O)C(C)(C)CN(C2CCCC2)c2nc(Nc3ccc(C(=O)O)cc3OC(F)F)ncc21.CN1CCC(N)CC1.CN1CCC(NC(=O)c2ccc(Nc3ncc4c(n3)N(C3CCCC3)CC(C)(C)C(=O)N4C)c(OC(F)F)c2)CC1. The Balaban J connectivity index is 0.000000193. The molecule has 4 fully saturated rings. The van der Waals surface area contributed by atoms with Gasteiger partial charge in [0.2, 0.25) is 23.7 Å². The second-order valence-electron chi connectivity index (χ2n) is 23.9. The van der Waals surface area contributed by atoms with Gasteiger partial charge < -0.3 is 65.7 Å². The molecule has 6 N–H and O–H groups in total. The normalized spacial score (nSPS) is 19.9. The first kappa shape index (κ1) is 61.9. The van der Waals surface area contributed by atoms with Crippen LogP contribution in [0.5, 0.6) is 11.5 Å². The Hall–Kier alpha value is -7.12. The van der Waals surface area contributed by atoms with E-state index in [-0.39, 0.29) is 81.7 Å². The number of aromatic nitrogens is 4. The molecule has 0 radical (unpaired) electrons. The van der Waals surface area contributed by atoms with Gasteiger partial charge in [-0.25, -0.2) is 14.8 Å².